The van der Waals surface area contributed by atoms with Gasteiger partial charge in [-0.1, -0.05) is 20.8 Å². The standard InChI is InChI=1S/C14H25N3O2/c1-13(2,3)7-6-12(18)15-10-14(4,19)11-8-16-17(5)9-11/h8-9,19H,6-7,10H2,1-5H3,(H,15,18). The van der Waals surface area contributed by atoms with E-state index in [9.17, 15) is 9.90 Å². The summed E-state index contributed by atoms with van der Waals surface area (Å²) in [6.07, 6.45) is 4.67. The lowest BCUT2D eigenvalue weighted by Gasteiger charge is -2.23. The van der Waals surface area contributed by atoms with Crippen molar-refractivity contribution in [1.29, 1.82) is 0 Å². The van der Waals surface area contributed by atoms with Crippen LogP contribution in [0.15, 0.2) is 12.4 Å². The molecule has 0 aliphatic carbocycles. The minimum Gasteiger partial charge on any atom is -0.383 e. The minimum atomic E-state index is -1.09. The molecule has 1 heterocycles. The third kappa shape index (κ3) is 5.42. The average molecular weight is 267 g/mol. The Morgan fingerprint density at radius 2 is 2.05 bits per heavy atom. The Balaban J connectivity index is 2.45. The van der Waals surface area contributed by atoms with E-state index >= 15 is 0 Å². The molecule has 108 valence electrons. The number of aromatic nitrogens is 2. The number of nitrogens with one attached hydrogen (secondary N) is 1. The number of hydrogen-bond acceptors (Lipinski definition) is 3. The van der Waals surface area contributed by atoms with Crippen LogP contribution in [0.5, 0.6) is 0 Å². The number of amides is 1. The Morgan fingerprint density at radius 3 is 2.53 bits per heavy atom. The largest absolute Gasteiger partial charge is 0.383 e. The number of nitrogens with zero attached hydrogens (tertiary/aromatic N) is 2. The first-order valence-corrected chi connectivity index (χ1v) is 6.58. The third-order valence-corrected chi connectivity index (χ3v) is 3.06. The van der Waals surface area contributed by atoms with Gasteiger partial charge < -0.3 is 10.4 Å². The molecule has 1 rings (SSSR count). The summed E-state index contributed by atoms with van der Waals surface area (Å²) in [7, 11) is 1.79. The van der Waals surface area contributed by atoms with Crippen molar-refractivity contribution >= 4 is 5.91 Å². The molecule has 5 heteroatoms. The highest BCUT2D eigenvalue weighted by Gasteiger charge is 2.25. The Labute approximate surface area is 115 Å². The molecule has 1 atom stereocenters. The van der Waals surface area contributed by atoms with Crippen molar-refractivity contribution in [2.45, 2.75) is 46.1 Å². The van der Waals surface area contributed by atoms with Gasteiger partial charge in [0, 0.05) is 25.2 Å². The fourth-order valence-corrected chi connectivity index (χ4v) is 1.65. The van der Waals surface area contributed by atoms with Crippen molar-refractivity contribution in [3.8, 4) is 0 Å². The second-order valence-electron chi connectivity index (χ2n) is 6.51. The SMILES string of the molecule is Cn1cc(C(C)(O)CNC(=O)CCC(C)(C)C)cn1. The molecule has 0 fully saturated rings. The van der Waals surface area contributed by atoms with E-state index in [-0.39, 0.29) is 17.9 Å². The number of aryl methyl sites for hydroxylation is 1. The maximum Gasteiger partial charge on any atom is 0.220 e. The van der Waals surface area contributed by atoms with Gasteiger partial charge in [0.1, 0.15) is 5.60 Å². The summed E-state index contributed by atoms with van der Waals surface area (Å²) in [5, 5.41) is 17.1. The van der Waals surface area contributed by atoms with Gasteiger partial charge >= 0.3 is 0 Å². The first-order chi connectivity index (χ1) is 8.60. The molecule has 0 saturated heterocycles. The Hall–Kier alpha value is -1.36. The summed E-state index contributed by atoms with van der Waals surface area (Å²) < 4.78 is 1.63. The van der Waals surface area contributed by atoms with Crippen molar-refractivity contribution < 1.29 is 9.90 Å². The lowest BCUT2D eigenvalue weighted by Crippen LogP contribution is -2.38. The van der Waals surface area contributed by atoms with Crippen LogP contribution in [0, 0.1) is 5.41 Å². The second kappa shape index (κ2) is 5.74. The molecule has 0 saturated carbocycles. The highest BCUT2D eigenvalue weighted by Crippen LogP contribution is 2.21. The van der Waals surface area contributed by atoms with Gasteiger partial charge in [0.05, 0.1) is 12.7 Å². The van der Waals surface area contributed by atoms with E-state index < -0.39 is 5.60 Å². The first kappa shape index (κ1) is 15.7. The van der Waals surface area contributed by atoms with Crippen LogP contribution >= 0.6 is 0 Å². The van der Waals surface area contributed by atoms with Crippen molar-refractivity contribution in [3.63, 3.8) is 0 Å². The molecule has 5 nitrogen and oxygen atoms in total. The average Bonchev–Trinajstić information content (AvgIpc) is 2.70. The van der Waals surface area contributed by atoms with Gasteiger partial charge in [0.25, 0.3) is 0 Å². The van der Waals surface area contributed by atoms with Crippen molar-refractivity contribution in [2.24, 2.45) is 12.5 Å². The lowest BCUT2D eigenvalue weighted by molar-refractivity contribution is -0.122. The van der Waals surface area contributed by atoms with E-state index in [0.717, 1.165) is 6.42 Å². The van der Waals surface area contributed by atoms with E-state index in [4.69, 9.17) is 0 Å². The maximum absolute atomic E-state index is 11.7. The van der Waals surface area contributed by atoms with Gasteiger partial charge in [-0.2, -0.15) is 5.10 Å². The van der Waals surface area contributed by atoms with Crippen molar-refractivity contribution in [3.05, 3.63) is 18.0 Å². The van der Waals surface area contributed by atoms with Crippen LogP contribution in [-0.4, -0.2) is 27.3 Å². The molecule has 1 amide bonds. The molecular formula is C14H25N3O2. The molecule has 2 N–H and O–H groups in total. The van der Waals surface area contributed by atoms with E-state index in [1.807, 2.05) is 0 Å². The highest BCUT2D eigenvalue weighted by atomic mass is 16.3. The zero-order chi connectivity index (χ0) is 14.7. The Bertz CT molecular complexity index is 430. The van der Waals surface area contributed by atoms with E-state index in [1.165, 1.54) is 0 Å². The monoisotopic (exact) mass is 267 g/mol. The van der Waals surface area contributed by atoms with Crippen LogP contribution in [0.1, 0.15) is 46.1 Å². The van der Waals surface area contributed by atoms with E-state index in [0.29, 0.717) is 12.0 Å². The topological polar surface area (TPSA) is 67.2 Å². The lowest BCUT2D eigenvalue weighted by atomic mass is 9.90. The molecule has 19 heavy (non-hydrogen) atoms. The molecular weight excluding hydrogens is 242 g/mol. The van der Waals surface area contributed by atoms with Crippen molar-refractivity contribution in [2.75, 3.05) is 6.54 Å². The van der Waals surface area contributed by atoms with Gasteiger partial charge in [0.2, 0.25) is 5.91 Å². The molecule has 0 aliphatic rings. The van der Waals surface area contributed by atoms with Crippen LogP contribution < -0.4 is 5.32 Å². The van der Waals surface area contributed by atoms with Crippen LogP contribution in [0.2, 0.25) is 0 Å². The first-order valence-electron chi connectivity index (χ1n) is 6.58. The summed E-state index contributed by atoms with van der Waals surface area (Å²) in [4.78, 5) is 11.7. The predicted octanol–water partition coefficient (Wildman–Crippen LogP) is 1.57. The van der Waals surface area contributed by atoms with Crippen molar-refractivity contribution in [1.82, 2.24) is 15.1 Å². The highest BCUT2D eigenvalue weighted by molar-refractivity contribution is 5.76. The summed E-state index contributed by atoms with van der Waals surface area (Å²) in [5.41, 5.74) is -0.249. The number of carbonyl (C=O) groups is 1. The van der Waals surface area contributed by atoms with Crippen LogP contribution in [0.3, 0.4) is 0 Å². The number of carbonyl (C=O) groups excluding carboxylic acids is 1. The van der Waals surface area contributed by atoms with E-state index in [2.05, 4.69) is 31.2 Å². The van der Waals surface area contributed by atoms with Crippen LogP contribution in [-0.2, 0) is 17.4 Å². The zero-order valence-electron chi connectivity index (χ0n) is 12.5. The zero-order valence-corrected chi connectivity index (χ0v) is 12.5. The van der Waals surface area contributed by atoms with Gasteiger partial charge in [0.15, 0.2) is 0 Å². The second-order valence-corrected chi connectivity index (χ2v) is 6.51. The molecule has 1 aromatic rings. The molecule has 0 radical (unpaired) electrons. The summed E-state index contributed by atoms with van der Waals surface area (Å²) in [6.45, 7) is 8.18. The molecule has 1 unspecified atom stereocenters. The summed E-state index contributed by atoms with van der Waals surface area (Å²) in [5.74, 6) is -0.0286. The summed E-state index contributed by atoms with van der Waals surface area (Å²) >= 11 is 0. The molecule has 1 aromatic heterocycles. The minimum absolute atomic E-state index is 0.0286. The maximum atomic E-state index is 11.7. The Kier molecular flexibility index (Phi) is 4.74. The smallest absolute Gasteiger partial charge is 0.220 e. The fraction of sp³-hybridized carbons (Fsp3) is 0.714. The van der Waals surface area contributed by atoms with E-state index in [1.54, 1.807) is 31.0 Å². The van der Waals surface area contributed by atoms with Gasteiger partial charge in [-0.15, -0.1) is 0 Å². The predicted molar refractivity (Wildman–Crippen MR) is 74.5 cm³/mol. The van der Waals surface area contributed by atoms with Gasteiger partial charge in [-0.25, -0.2) is 0 Å². The summed E-state index contributed by atoms with van der Waals surface area (Å²) in [6, 6.07) is 0. The molecule has 0 bridgehead atoms. The van der Waals surface area contributed by atoms with Crippen LogP contribution in [0.4, 0.5) is 0 Å². The molecule has 0 spiro atoms. The quantitative estimate of drug-likeness (QED) is 0.851. The normalized spacial score (nSPS) is 15.1. The molecule has 0 aliphatic heterocycles. The number of aliphatic hydroxyl groups is 1. The number of rotatable bonds is 5. The fourth-order valence-electron chi connectivity index (χ4n) is 1.65. The van der Waals surface area contributed by atoms with Gasteiger partial charge in [-0.05, 0) is 18.8 Å². The Morgan fingerprint density at radius 1 is 1.42 bits per heavy atom. The third-order valence-electron chi connectivity index (χ3n) is 3.06. The van der Waals surface area contributed by atoms with Crippen LogP contribution in [0.25, 0.3) is 0 Å². The number of hydrogen-bond donors (Lipinski definition) is 2. The molecule has 0 aromatic carbocycles. The van der Waals surface area contributed by atoms with Gasteiger partial charge in [-0.3, -0.25) is 9.48 Å².